The number of carbonyl (C=O) groups is 1. The van der Waals surface area contributed by atoms with Gasteiger partial charge in [0.15, 0.2) is 0 Å². The lowest BCUT2D eigenvalue weighted by Crippen LogP contribution is -2.28. The number of amides is 1. The van der Waals surface area contributed by atoms with Crippen LogP contribution in [0.1, 0.15) is 40.9 Å². The Morgan fingerprint density at radius 1 is 0.967 bits per heavy atom. The third kappa shape index (κ3) is 3.28. The zero-order valence-corrected chi connectivity index (χ0v) is 17.4. The average molecular weight is 422 g/mol. The third-order valence-corrected chi connectivity index (χ3v) is 7.84. The number of hydrogen-bond donors (Lipinski definition) is 1. The number of anilines is 1. The Bertz CT molecular complexity index is 1250. The van der Waals surface area contributed by atoms with Crippen molar-refractivity contribution in [3.63, 3.8) is 0 Å². The highest BCUT2D eigenvalue weighted by molar-refractivity contribution is 7.89. The van der Waals surface area contributed by atoms with Crippen molar-refractivity contribution in [3.05, 3.63) is 65.4 Å². The van der Waals surface area contributed by atoms with Crippen LogP contribution in [0.3, 0.4) is 0 Å². The van der Waals surface area contributed by atoms with Crippen molar-refractivity contribution in [2.24, 2.45) is 0 Å². The minimum atomic E-state index is -3.53. The van der Waals surface area contributed by atoms with E-state index in [1.54, 1.807) is 24.3 Å². The van der Waals surface area contributed by atoms with E-state index in [2.05, 4.69) is 5.32 Å². The number of aryl methyl sites for hydroxylation is 1. The minimum Gasteiger partial charge on any atom is -0.322 e. The summed E-state index contributed by atoms with van der Waals surface area (Å²) < 4.78 is 27.3. The Morgan fingerprint density at radius 2 is 1.77 bits per heavy atom. The Labute approximate surface area is 176 Å². The standard InChI is InChI=1S/C23H23N3O3S/c27-23(22-18-9-1-2-11-20(18)25-21-12-6-10-19(21)22)24-16-7-5-8-17(15-16)30(28,29)26-13-3-4-14-26/h1-2,5,7-9,11,15H,3-4,6,10,12-14H2,(H,24,27). The highest BCUT2D eigenvalue weighted by Crippen LogP contribution is 2.31. The molecule has 1 aliphatic heterocycles. The van der Waals surface area contributed by atoms with E-state index in [1.165, 1.54) is 4.31 Å². The molecule has 1 aromatic heterocycles. The van der Waals surface area contributed by atoms with Gasteiger partial charge in [-0.25, -0.2) is 8.42 Å². The zero-order valence-electron chi connectivity index (χ0n) is 16.6. The maximum Gasteiger partial charge on any atom is 0.256 e. The summed E-state index contributed by atoms with van der Waals surface area (Å²) in [6.45, 7) is 1.10. The molecule has 0 unspecified atom stereocenters. The first-order valence-electron chi connectivity index (χ1n) is 10.4. The maximum absolute atomic E-state index is 13.3. The molecule has 0 bridgehead atoms. The second kappa shape index (κ2) is 7.49. The Morgan fingerprint density at radius 3 is 2.60 bits per heavy atom. The summed E-state index contributed by atoms with van der Waals surface area (Å²) in [6.07, 6.45) is 4.47. The van der Waals surface area contributed by atoms with Gasteiger partial charge in [0.1, 0.15) is 0 Å². The Balaban J connectivity index is 1.50. The molecule has 0 saturated carbocycles. The van der Waals surface area contributed by atoms with E-state index in [0.717, 1.165) is 54.3 Å². The van der Waals surface area contributed by atoms with Crippen LogP contribution < -0.4 is 5.32 Å². The van der Waals surface area contributed by atoms with Crippen molar-refractivity contribution >= 4 is 32.5 Å². The van der Waals surface area contributed by atoms with Gasteiger partial charge in [-0.3, -0.25) is 9.78 Å². The van der Waals surface area contributed by atoms with Crippen LogP contribution in [0.4, 0.5) is 5.69 Å². The van der Waals surface area contributed by atoms with Crippen molar-refractivity contribution in [2.75, 3.05) is 18.4 Å². The highest BCUT2D eigenvalue weighted by atomic mass is 32.2. The van der Waals surface area contributed by atoms with Crippen LogP contribution in [0, 0.1) is 0 Å². The number of benzene rings is 2. The van der Waals surface area contributed by atoms with Crippen LogP contribution in [-0.4, -0.2) is 36.7 Å². The van der Waals surface area contributed by atoms with Crippen LogP contribution in [0.2, 0.25) is 0 Å². The number of hydrogen-bond acceptors (Lipinski definition) is 4. The van der Waals surface area contributed by atoms with Gasteiger partial charge in [-0.2, -0.15) is 4.31 Å². The van der Waals surface area contributed by atoms with Gasteiger partial charge in [-0.1, -0.05) is 24.3 Å². The molecule has 0 atom stereocenters. The van der Waals surface area contributed by atoms with Crippen molar-refractivity contribution in [1.82, 2.24) is 9.29 Å². The largest absolute Gasteiger partial charge is 0.322 e. The van der Waals surface area contributed by atoms with E-state index < -0.39 is 10.0 Å². The molecule has 30 heavy (non-hydrogen) atoms. The molecule has 2 aromatic carbocycles. The van der Waals surface area contributed by atoms with Gasteiger partial charge in [0, 0.05) is 29.9 Å². The molecule has 1 fully saturated rings. The molecular formula is C23H23N3O3S. The molecule has 1 saturated heterocycles. The van der Waals surface area contributed by atoms with E-state index in [4.69, 9.17) is 4.98 Å². The fourth-order valence-electron chi connectivity index (χ4n) is 4.48. The van der Waals surface area contributed by atoms with Crippen molar-refractivity contribution in [2.45, 2.75) is 37.0 Å². The summed E-state index contributed by atoms with van der Waals surface area (Å²) in [5.74, 6) is -0.220. The van der Waals surface area contributed by atoms with Crippen LogP contribution in [-0.2, 0) is 22.9 Å². The van der Waals surface area contributed by atoms with Crippen molar-refractivity contribution in [3.8, 4) is 0 Å². The van der Waals surface area contributed by atoms with Crippen molar-refractivity contribution in [1.29, 1.82) is 0 Å². The van der Waals surface area contributed by atoms with E-state index in [-0.39, 0.29) is 10.8 Å². The predicted octanol–water partition coefficient (Wildman–Crippen LogP) is 3.76. The van der Waals surface area contributed by atoms with Gasteiger partial charge < -0.3 is 5.32 Å². The smallest absolute Gasteiger partial charge is 0.256 e. The summed E-state index contributed by atoms with van der Waals surface area (Å²) in [6, 6.07) is 14.2. The number of carbonyl (C=O) groups excluding carboxylic acids is 1. The summed E-state index contributed by atoms with van der Waals surface area (Å²) in [7, 11) is -3.53. The Hall–Kier alpha value is -2.77. The van der Waals surface area contributed by atoms with Gasteiger partial charge in [0.25, 0.3) is 5.91 Å². The third-order valence-electron chi connectivity index (χ3n) is 5.94. The summed E-state index contributed by atoms with van der Waals surface area (Å²) in [5, 5.41) is 3.76. The minimum absolute atomic E-state index is 0.215. The van der Waals surface area contributed by atoms with E-state index in [1.807, 2.05) is 24.3 Å². The molecule has 6 nitrogen and oxygen atoms in total. The fraction of sp³-hybridized carbons (Fsp3) is 0.304. The molecular weight excluding hydrogens is 398 g/mol. The summed E-state index contributed by atoms with van der Waals surface area (Å²) >= 11 is 0. The predicted molar refractivity (Wildman–Crippen MR) is 116 cm³/mol. The van der Waals surface area contributed by atoms with E-state index >= 15 is 0 Å². The lowest BCUT2D eigenvalue weighted by molar-refractivity contribution is 0.102. The van der Waals surface area contributed by atoms with Gasteiger partial charge in [0.05, 0.1) is 16.0 Å². The normalized spacial score (nSPS) is 16.7. The molecule has 2 heterocycles. The van der Waals surface area contributed by atoms with Crippen LogP contribution in [0.25, 0.3) is 10.9 Å². The quantitative estimate of drug-likeness (QED) is 0.696. The maximum atomic E-state index is 13.3. The van der Waals surface area contributed by atoms with Crippen molar-refractivity contribution < 1.29 is 13.2 Å². The first-order chi connectivity index (χ1) is 14.5. The second-order valence-corrected chi connectivity index (χ2v) is 9.81. The van der Waals surface area contributed by atoms with Crippen LogP contribution in [0.5, 0.6) is 0 Å². The average Bonchev–Trinajstić information content (AvgIpc) is 3.44. The number of fused-ring (bicyclic) bond motifs is 2. The zero-order chi connectivity index (χ0) is 20.7. The molecule has 1 N–H and O–H groups in total. The lowest BCUT2D eigenvalue weighted by Gasteiger charge is -2.17. The molecule has 3 aromatic rings. The van der Waals surface area contributed by atoms with Crippen LogP contribution in [0.15, 0.2) is 53.4 Å². The number of nitrogens with zero attached hydrogens (tertiary/aromatic N) is 2. The van der Waals surface area contributed by atoms with Crippen LogP contribution >= 0.6 is 0 Å². The molecule has 1 aliphatic carbocycles. The lowest BCUT2D eigenvalue weighted by atomic mass is 10.0. The van der Waals surface area contributed by atoms with Gasteiger partial charge in [-0.15, -0.1) is 0 Å². The summed E-state index contributed by atoms with van der Waals surface area (Å²) in [4.78, 5) is 18.3. The molecule has 154 valence electrons. The number of sulfonamides is 1. The molecule has 0 radical (unpaired) electrons. The first-order valence-corrected chi connectivity index (χ1v) is 11.8. The summed E-state index contributed by atoms with van der Waals surface area (Å²) in [5.41, 5.74) is 3.94. The number of aromatic nitrogens is 1. The topological polar surface area (TPSA) is 79.4 Å². The Kier molecular flexibility index (Phi) is 4.79. The fourth-order valence-corrected chi connectivity index (χ4v) is 6.04. The van der Waals surface area contributed by atoms with Gasteiger partial charge in [-0.05, 0) is 61.9 Å². The number of para-hydroxylation sites is 1. The number of rotatable bonds is 4. The first kappa shape index (κ1) is 19.2. The molecule has 2 aliphatic rings. The molecule has 1 amide bonds. The van der Waals surface area contributed by atoms with Gasteiger partial charge >= 0.3 is 0 Å². The highest BCUT2D eigenvalue weighted by Gasteiger charge is 2.28. The monoisotopic (exact) mass is 421 g/mol. The van der Waals surface area contributed by atoms with E-state index in [9.17, 15) is 13.2 Å². The van der Waals surface area contributed by atoms with E-state index in [0.29, 0.717) is 24.3 Å². The SMILES string of the molecule is O=C(Nc1cccc(S(=O)(=O)N2CCCC2)c1)c1c2c(nc3ccccc13)CCC2. The molecule has 7 heteroatoms. The number of nitrogens with one attached hydrogen (secondary N) is 1. The second-order valence-electron chi connectivity index (χ2n) is 7.88. The van der Waals surface area contributed by atoms with Gasteiger partial charge in [0.2, 0.25) is 10.0 Å². The molecule has 5 rings (SSSR count). The molecule has 0 spiro atoms. The number of pyridine rings is 1.